The first-order chi connectivity index (χ1) is 12.5. The summed E-state index contributed by atoms with van der Waals surface area (Å²) >= 11 is 0. The molecule has 0 bridgehead atoms. The number of nitrogens with zero attached hydrogens (tertiary/aromatic N) is 3. The molecule has 26 heavy (non-hydrogen) atoms. The van der Waals surface area contributed by atoms with E-state index in [1.165, 1.54) is 16.8 Å². The van der Waals surface area contributed by atoms with Crippen molar-refractivity contribution in [3.05, 3.63) is 65.9 Å². The van der Waals surface area contributed by atoms with Crippen LogP contribution in [0.25, 0.3) is 11.3 Å². The molecule has 2 N–H and O–H groups in total. The van der Waals surface area contributed by atoms with Crippen molar-refractivity contribution in [2.24, 2.45) is 14.1 Å². The van der Waals surface area contributed by atoms with Gasteiger partial charge in [0.25, 0.3) is 5.91 Å². The summed E-state index contributed by atoms with van der Waals surface area (Å²) in [7, 11) is 3.55. The summed E-state index contributed by atoms with van der Waals surface area (Å²) in [6.07, 6.45) is 1.63. The van der Waals surface area contributed by atoms with Crippen LogP contribution in [0.4, 0.5) is 4.39 Å². The molecule has 6 nitrogen and oxygen atoms in total. The van der Waals surface area contributed by atoms with E-state index in [0.29, 0.717) is 24.4 Å². The Hall–Kier alpha value is -2.93. The van der Waals surface area contributed by atoms with Crippen molar-refractivity contribution in [1.29, 1.82) is 0 Å². The number of aryl methyl sites for hydroxylation is 2. The molecule has 0 fully saturated rings. The highest BCUT2D eigenvalue weighted by Gasteiger charge is 2.15. The molecule has 2 heterocycles. The third-order valence-corrected chi connectivity index (χ3v) is 4.28. The van der Waals surface area contributed by atoms with Crippen LogP contribution in [0.15, 0.2) is 48.7 Å². The van der Waals surface area contributed by atoms with E-state index in [9.17, 15) is 14.3 Å². The topological polar surface area (TPSA) is 72.1 Å². The van der Waals surface area contributed by atoms with Crippen molar-refractivity contribution in [3.63, 3.8) is 0 Å². The smallest absolute Gasteiger partial charge is 0.269 e. The van der Waals surface area contributed by atoms with Gasteiger partial charge in [0.1, 0.15) is 11.5 Å². The monoisotopic (exact) mass is 356 g/mol. The maximum absolute atomic E-state index is 13.0. The number of halogens is 1. The number of nitrogens with one attached hydrogen (secondary N) is 1. The maximum atomic E-state index is 13.0. The summed E-state index contributed by atoms with van der Waals surface area (Å²) in [5, 5.41) is 17.3. The van der Waals surface area contributed by atoms with Gasteiger partial charge in [-0.05, 0) is 48.9 Å². The van der Waals surface area contributed by atoms with Crippen LogP contribution in [-0.2, 0) is 14.1 Å². The number of carbonyl (C=O) groups is 1. The molecule has 136 valence electrons. The van der Waals surface area contributed by atoms with E-state index < -0.39 is 6.10 Å². The standard InChI is InChI=1S/C19H21FN4O2/c1-23-11-3-4-16(23)18(25)9-10-21-19(26)17-12-15(22-24(17)2)13-5-7-14(20)8-6-13/h3-8,11-12,18,25H,9-10H2,1-2H3,(H,21,26). The molecule has 1 unspecified atom stereocenters. The number of carbonyl (C=O) groups excluding carboxylic acids is 1. The van der Waals surface area contributed by atoms with Gasteiger partial charge in [0, 0.05) is 38.1 Å². The molecule has 0 spiro atoms. The van der Waals surface area contributed by atoms with Crippen LogP contribution in [0.5, 0.6) is 0 Å². The fraction of sp³-hybridized carbons (Fsp3) is 0.263. The Morgan fingerprint density at radius 2 is 2.00 bits per heavy atom. The maximum Gasteiger partial charge on any atom is 0.269 e. The zero-order valence-electron chi connectivity index (χ0n) is 14.7. The minimum atomic E-state index is -0.642. The highest BCUT2D eigenvalue weighted by molar-refractivity contribution is 5.93. The van der Waals surface area contributed by atoms with E-state index in [4.69, 9.17) is 0 Å². The molecule has 3 rings (SSSR count). The molecule has 1 atom stereocenters. The molecule has 2 aromatic heterocycles. The third-order valence-electron chi connectivity index (χ3n) is 4.28. The average Bonchev–Trinajstić information content (AvgIpc) is 3.21. The first kappa shape index (κ1) is 17.9. The number of rotatable bonds is 6. The largest absolute Gasteiger partial charge is 0.387 e. The molecule has 7 heteroatoms. The summed E-state index contributed by atoms with van der Waals surface area (Å²) in [5.74, 6) is -0.591. The zero-order chi connectivity index (χ0) is 18.7. The van der Waals surface area contributed by atoms with Gasteiger partial charge in [0.15, 0.2) is 0 Å². The number of hydrogen-bond donors (Lipinski definition) is 2. The van der Waals surface area contributed by atoms with Crippen LogP contribution < -0.4 is 5.32 Å². The molecule has 0 saturated carbocycles. The Labute approximate surface area is 150 Å². The van der Waals surface area contributed by atoms with E-state index in [1.54, 1.807) is 25.2 Å². The number of aliphatic hydroxyl groups is 1. The van der Waals surface area contributed by atoms with Crippen molar-refractivity contribution < 1.29 is 14.3 Å². The van der Waals surface area contributed by atoms with Crippen molar-refractivity contribution in [3.8, 4) is 11.3 Å². The molecule has 0 saturated heterocycles. The van der Waals surface area contributed by atoms with Crippen LogP contribution in [-0.4, -0.2) is 31.9 Å². The van der Waals surface area contributed by atoms with Gasteiger partial charge in [-0.15, -0.1) is 0 Å². The third kappa shape index (κ3) is 3.83. The molecule has 0 radical (unpaired) electrons. The van der Waals surface area contributed by atoms with Crippen LogP contribution in [0.2, 0.25) is 0 Å². The molecular weight excluding hydrogens is 335 g/mol. The zero-order valence-corrected chi connectivity index (χ0v) is 14.7. The fourth-order valence-electron chi connectivity index (χ4n) is 2.82. The SMILES string of the molecule is Cn1cccc1C(O)CCNC(=O)c1cc(-c2ccc(F)cc2)nn1C. The van der Waals surface area contributed by atoms with Crippen LogP contribution in [0, 0.1) is 5.82 Å². The predicted octanol–water partition coefficient (Wildman–Crippen LogP) is 2.42. The fourth-order valence-corrected chi connectivity index (χ4v) is 2.82. The molecular formula is C19H21FN4O2. The van der Waals surface area contributed by atoms with Gasteiger partial charge in [-0.25, -0.2) is 4.39 Å². The van der Waals surface area contributed by atoms with E-state index in [0.717, 1.165) is 11.3 Å². The number of benzene rings is 1. The Bertz CT molecular complexity index is 899. The lowest BCUT2D eigenvalue weighted by Gasteiger charge is -2.12. The minimum absolute atomic E-state index is 0.271. The molecule has 3 aromatic rings. The quantitative estimate of drug-likeness (QED) is 0.712. The summed E-state index contributed by atoms with van der Waals surface area (Å²) in [4.78, 5) is 12.4. The Balaban J connectivity index is 1.61. The predicted molar refractivity (Wildman–Crippen MR) is 95.9 cm³/mol. The van der Waals surface area contributed by atoms with E-state index in [1.807, 2.05) is 29.9 Å². The van der Waals surface area contributed by atoms with E-state index >= 15 is 0 Å². The lowest BCUT2D eigenvalue weighted by Crippen LogP contribution is -2.27. The van der Waals surface area contributed by atoms with Gasteiger partial charge in [-0.1, -0.05) is 0 Å². The molecule has 0 aliphatic heterocycles. The Morgan fingerprint density at radius 3 is 2.65 bits per heavy atom. The highest BCUT2D eigenvalue weighted by Crippen LogP contribution is 2.19. The van der Waals surface area contributed by atoms with Crippen LogP contribution >= 0.6 is 0 Å². The lowest BCUT2D eigenvalue weighted by molar-refractivity contribution is 0.0932. The van der Waals surface area contributed by atoms with Crippen molar-refractivity contribution in [2.75, 3.05) is 6.54 Å². The van der Waals surface area contributed by atoms with Gasteiger partial charge >= 0.3 is 0 Å². The van der Waals surface area contributed by atoms with Crippen LogP contribution in [0.3, 0.4) is 0 Å². The van der Waals surface area contributed by atoms with E-state index in [-0.39, 0.29) is 11.7 Å². The molecule has 1 amide bonds. The summed E-state index contributed by atoms with van der Waals surface area (Å²) in [5.41, 5.74) is 2.54. The first-order valence-electron chi connectivity index (χ1n) is 8.33. The lowest BCUT2D eigenvalue weighted by atomic mass is 10.1. The van der Waals surface area contributed by atoms with Crippen molar-refractivity contribution in [1.82, 2.24) is 19.7 Å². The molecule has 0 aliphatic carbocycles. The normalized spacial score (nSPS) is 12.2. The van der Waals surface area contributed by atoms with Gasteiger partial charge in [-0.3, -0.25) is 9.48 Å². The Kier molecular flexibility index (Phi) is 5.18. The second kappa shape index (κ2) is 7.53. The molecule has 0 aliphatic rings. The van der Waals surface area contributed by atoms with Crippen LogP contribution in [0.1, 0.15) is 28.7 Å². The second-order valence-corrected chi connectivity index (χ2v) is 6.15. The first-order valence-corrected chi connectivity index (χ1v) is 8.33. The van der Waals surface area contributed by atoms with Crippen molar-refractivity contribution in [2.45, 2.75) is 12.5 Å². The van der Waals surface area contributed by atoms with E-state index in [2.05, 4.69) is 10.4 Å². The highest BCUT2D eigenvalue weighted by atomic mass is 19.1. The van der Waals surface area contributed by atoms with Gasteiger partial charge in [0.2, 0.25) is 0 Å². The summed E-state index contributed by atoms with van der Waals surface area (Å²) in [6.45, 7) is 0.336. The van der Waals surface area contributed by atoms with Gasteiger partial charge in [-0.2, -0.15) is 5.10 Å². The van der Waals surface area contributed by atoms with Gasteiger partial charge < -0.3 is 15.0 Å². The number of aromatic nitrogens is 3. The van der Waals surface area contributed by atoms with Crippen molar-refractivity contribution >= 4 is 5.91 Å². The summed E-state index contributed by atoms with van der Waals surface area (Å²) < 4.78 is 16.4. The van der Waals surface area contributed by atoms with Gasteiger partial charge in [0.05, 0.1) is 11.8 Å². The summed E-state index contributed by atoms with van der Waals surface area (Å²) in [6, 6.07) is 11.3. The number of amides is 1. The average molecular weight is 356 g/mol. The number of aliphatic hydroxyl groups excluding tert-OH is 1. The second-order valence-electron chi connectivity index (χ2n) is 6.15. The minimum Gasteiger partial charge on any atom is -0.387 e. The Morgan fingerprint density at radius 1 is 1.27 bits per heavy atom. The number of hydrogen-bond acceptors (Lipinski definition) is 3. The molecule has 1 aromatic carbocycles.